The zero-order valence-corrected chi connectivity index (χ0v) is 33.7. The van der Waals surface area contributed by atoms with Gasteiger partial charge in [0, 0.05) is 12.6 Å². The molecule has 290 valence electrons. The predicted octanol–water partition coefficient (Wildman–Crippen LogP) is 2.25. The van der Waals surface area contributed by atoms with Crippen LogP contribution in [0.1, 0.15) is 80.5 Å². The molecule has 0 bridgehead atoms. The van der Waals surface area contributed by atoms with Crippen molar-refractivity contribution in [3.05, 3.63) is 65.6 Å². The van der Waals surface area contributed by atoms with E-state index in [1.807, 2.05) is 27.0 Å². The maximum atomic E-state index is 14.4. The van der Waals surface area contributed by atoms with E-state index in [1.54, 1.807) is 11.1 Å². The van der Waals surface area contributed by atoms with Crippen molar-refractivity contribution in [1.82, 2.24) is 30.1 Å². The summed E-state index contributed by atoms with van der Waals surface area (Å²) in [7, 11) is 0. The molecular weight excluding hydrogens is 800 g/mol. The average molecular weight is 853 g/mol. The number of hydrogen-bond acceptors (Lipinski definition) is 10. The van der Waals surface area contributed by atoms with E-state index in [1.165, 1.54) is 55.2 Å². The third kappa shape index (κ3) is 7.30. The second kappa shape index (κ2) is 15.1. The van der Waals surface area contributed by atoms with Crippen LogP contribution in [-0.4, -0.2) is 109 Å². The summed E-state index contributed by atoms with van der Waals surface area (Å²) in [5.41, 5.74) is 2.78. The summed E-state index contributed by atoms with van der Waals surface area (Å²) in [4.78, 5) is 33.7. The summed E-state index contributed by atoms with van der Waals surface area (Å²) in [6, 6.07) is 6.35. The molecule has 4 atom stereocenters. The van der Waals surface area contributed by atoms with Gasteiger partial charge in [0.1, 0.15) is 17.9 Å². The van der Waals surface area contributed by atoms with Crippen LogP contribution in [0, 0.1) is 17.7 Å². The van der Waals surface area contributed by atoms with Gasteiger partial charge in [-0.25, -0.2) is 14.4 Å². The zero-order chi connectivity index (χ0) is 37.0. The van der Waals surface area contributed by atoms with Gasteiger partial charge in [-0.2, -0.15) is 0 Å². The molecule has 7 heterocycles. The van der Waals surface area contributed by atoms with E-state index < -0.39 is 5.82 Å². The molecule has 1 aromatic carbocycles. The van der Waals surface area contributed by atoms with Gasteiger partial charge in [0.2, 0.25) is 0 Å². The molecule has 6 aliphatic rings. The third-order valence-corrected chi connectivity index (χ3v) is 16.4. The van der Waals surface area contributed by atoms with Crippen LogP contribution >= 0.6 is 0 Å². The number of piperidine rings is 1. The number of nitrogens with one attached hydrogen (secondary N) is 1. The summed E-state index contributed by atoms with van der Waals surface area (Å²) < 4.78 is 35.9. The van der Waals surface area contributed by atoms with Gasteiger partial charge in [0.25, 0.3) is 5.91 Å². The molecule has 54 heavy (non-hydrogen) atoms. The van der Waals surface area contributed by atoms with Crippen molar-refractivity contribution >= 4 is 11.7 Å². The largest absolute Gasteiger partial charge is 0.0448 e. The minimum atomic E-state index is -0.491. The number of halogens is 2. The van der Waals surface area contributed by atoms with Crippen LogP contribution in [0.5, 0.6) is 17.2 Å². The predicted molar refractivity (Wildman–Crippen MR) is 198 cm³/mol. The van der Waals surface area contributed by atoms with Gasteiger partial charge in [-0.1, -0.05) is 0 Å². The summed E-state index contributed by atoms with van der Waals surface area (Å²) in [6.45, 7) is 13.0. The molecule has 4 saturated heterocycles. The molecule has 1 saturated carbocycles. The number of alkyl halides is 2. The molecule has 5 aliphatic heterocycles. The fraction of sp³-hybridized carbons (Fsp3) is 0.610. The topological polar surface area (TPSA) is 105 Å². The Kier molecular flexibility index (Phi) is 10.2. The number of hydrogen-bond donors (Lipinski definition) is 1. The number of pyridine rings is 1. The molecule has 5 fully saturated rings. The van der Waals surface area contributed by atoms with Crippen LogP contribution < -0.4 is 40.9 Å². The number of amides is 1. The summed E-state index contributed by atoms with van der Waals surface area (Å²) in [5.74, 6) is 3.19. The normalized spacial score (nSPS) is 26.4. The van der Waals surface area contributed by atoms with E-state index in [4.69, 9.17) is 19.2 Å². The molecule has 2 aromatic heterocycles. The Labute approximate surface area is 328 Å². The number of ether oxygens (including phenoxy) is 3. The SMILES string of the molecule is CCN(C(=O)c1cc(F)ccc1Oc1cncnc1N1CCC(Oc2ccnc3c2C(CC(CN2CC4(CCCO4)C2)C2C4[I-]C42)NCC3)CC1)C(C)C. The van der Waals surface area contributed by atoms with Gasteiger partial charge in [0.05, 0.1) is 11.8 Å². The van der Waals surface area contributed by atoms with E-state index in [9.17, 15) is 9.18 Å². The average Bonchev–Trinajstić information content (AvgIpc) is 4.04. The van der Waals surface area contributed by atoms with Gasteiger partial charge >= 0.3 is 202 Å². The van der Waals surface area contributed by atoms with Gasteiger partial charge in [-0.15, -0.1) is 0 Å². The van der Waals surface area contributed by atoms with Crippen molar-refractivity contribution in [3.63, 3.8) is 0 Å². The van der Waals surface area contributed by atoms with Crippen LogP contribution in [-0.2, 0) is 11.2 Å². The Morgan fingerprint density at radius 2 is 1.98 bits per heavy atom. The number of carbonyl (C=O) groups excluding carboxylic acids is 1. The second-order valence-electron chi connectivity index (χ2n) is 16.3. The zero-order valence-electron chi connectivity index (χ0n) is 31.6. The van der Waals surface area contributed by atoms with E-state index in [2.05, 4.69) is 31.2 Å². The van der Waals surface area contributed by atoms with Crippen LogP contribution in [0.3, 0.4) is 0 Å². The number of benzene rings is 1. The number of aromatic nitrogens is 3. The van der Waals surface area contributed by atoms with Crippen molar-refractivity contribution in [2.75, 3.05) is 57.3 Å². The van der Waals surface area contributed by atoms with E-state index in [-0.39, 0.29) is 41.0 Å². The van der Waals surface area contributed by atoms with Crippen molar-refractivity contribution in [1.29, 1.82) is 0 Å². The van der Waals surface area contributed by atoms with Crippen LogP contribution in [0.2, 0.25) is 0 Å². The van der Waals surface area contributed by atoms with Gasteiger partial charge in [-0.3, -0.25) is 4.79 Å². The second-order valence-corrected chi connectivity index (χ2v) is 19.9. The maximum absolute atomic E-state index is 14.4. The summed E-state index contributed by atoms with van der Waals surface area (Å²) in [6.07, 6.45) is 11.2. The van der Waals surface area contributed by atoms with Crippen molar-refractivity contribution in [2.24, 2.45) is 11.8 Å². The molecule has 1 spiro atoms. The molecule has 9 rings (SSSR count). The molecule has 0 radical (unpaired) electrons. The minimum absolute atomic E-state index is 0.0425. The number of nitrogens with zero attached hydrogens (tertiary/aromatic N) is 6. The fourth-order valence-corrected chi connectivity index (χ4v) is 13.0. The molecule has 1 aliphatic carbocycles. The Morgan fingerprint density at radius 3 is 2.70 bits per heavy atom. The van der Waals surface area contributed by atoms with Crippen molar-refractivity contribution < 1.29 is 44.6 Å². The molecule has 1 N–H and O–H groups in total. The summed E-state index contributed by atoms with van der Waals surface area (Å²) >= 11 is 0.478. The van der Waals surface area contributed by atoms with E-state index >= 15 is 0 Å². The Hall–Kier alpha value is -3.14. The van der Waals surface area contributed by atoms with Crippen molar-refractivity contribution in [3.8, 4) is 17.2 Å². The van der Waals surface area contributed by atoms with Crippen LogP contribution in [0.25, 0.3) is 0 Å². The summed E-state index contributed by atoms with van der Waals surface area (Å²) in [5, 5.41) is 3.90. The molecule has 3 aromatic rings. The smallest absolute Gasteiger partial charge is 0.0263 e. The first-order valence-corrected chi connectivity index (χ1v) is 22.5. The number of fused-ring (bicyclic) bond motifs is 2. The number of carbonyl (C=O) groups is 1. The third-order valence-electron chi connectivity index (χ3n) is 12.4. The maximum Gasteiger partial charge on any atom is 0.0263 e. The van der Waals surface area contributed by atoms with Gasteiger partial charge in [0.15, 0.2) is 11.6 Å². The van der Waals surface area contributed by atoms with Crippen LogP contribution in [0.15, 0.2) is 43.0 Å². The Morgan fingerprint density at radius 1 is 1.15 bits per heavy atom. The standard InChI is InChI=1S/C41H52FIN7O4/c1-4-50(25(2)3)40(51)29-19-27(42)6-7-32(29)54-34-20-44-24-47-39(34)49-15-10-28(11-16-49)53-33-9-14-45-30-8-13-46-31(36(30)33)18-26(35-37-38(35)43-37)21-48-22-41(23-48)12-5-17-52-41/h6-7,9,14,19-20,24-26,28,31,35,37-38,46H,4-5,8,10-13,15-18,21-23H2,1-3H3/q-1. The minimum Gasteiger partial charge on any atom is -0.0448 e. The van der Waals surface area contributed by atoms with E-state index in [0.29, 0.717) is 45.2 Å². The fourth-order valence-electron chi connectivity index (χ4n) is 9.48. The first-order valence-electron chi connectivity index (χ1n) is 20.0. The quantitative estimate of drug-likeness (QED) is 0.204. The number of likely N-dealkylation sites (tertiary alicyclic amines) is 1. The molecular formula is C41H52FIN7O4-. The van der Waals surface area contributed by atoms with E-state index in [0.717, 1.165) is 84.5 Å². The van der Waals surface area contributed by atoms with Gasteiger partial charge < -0.3 is 9.64 Å². The molecule has 4 unspecified atom stereocenters. The number of rotatable bonds is 13. The van der Waals surface area contributed by atoms with Gasteiger partial charge in [-0.05, 0) is 39.0 Å². The Bertz CT molecular complexity index is 1840. The Balaban J connectivity index is 0.863. The first-order chi connectivity index (χ1) is 26.3. The molecule has 13 heteroatoms. The number of anilines is 1. The van der Waals surface area contributed by atoms with Crippen LogP contribution in [0.4, 0.5) is 10.2 Å². The molecule has 11 nitrogen and oxygen atoms in total. The van der Waals surface area contributed by atoms with Crippen molar-refractivity contribution in [2.45, 2.75) is 90.9 Å². The molecule has 1 amide bonds. The first kappa shape index (κ1) is 36.5. The monoisotopic (exact) mass is 852 g/mol.